The van der Waals surface area contributed by atoms with Crippen LogP contribution in [0.4, 0.5) is 0 Å². The predicted molar refractivity (Wildman–Crippen MR) is 76.1 cm³/mol. The number of aliphatic hydroxyl groups is 1. The SMILES string of the molecule is NC1(C(=O)N[C@H](CO)Cc2ccccc2)CCOCC1. The van der Waals surface area contributed by atoms with Gasteiger partial charge in [0.25, 0.3) is 0 Å². The molecule has 0 bridgehead atoms. The summed E-state index contributed by atoms with van der Waals surface area (Å²) in [6.07, 6.45) is 1.63. The van der Waals surface area contributed by atoms with E-state index in [9.17, 15) is 9.90 Å². The largest absolute Gasteiger partial charge is 0.394 e. The zero-order chi connectivity index (χ0) is 14.4. The van der Waals surface area contributed by atoms with Gasteiger partial charge in [-0.1, -0.05) is 30.3 Å². The number of nitrogens with one attached hydrogen (secondary N) is 1. The molecular weight excluding hydrogens is 256 g/mol. The van der Waals surface area contributed by atoms with Gasteiger partial charge in [-0.25, -0.2) is 0 Å². The summed E-state index contributed by atoms with van der Waals surface area (Å²) in [7, 11) is 0. The molecule has 0 aliphatic carbocycles. The number of hydrogen-bond acceptors (Lipinski definition) is 4. The summed E-state index contributed by atoms with van der Waals surface area (Å²) in [5.41, 5.74) is 6.33. The van der Waals surface area contributed by atoms with Crippen LogP contribution in [0.25, 0.3) is 0 Å². The molecule has 0 unspecified atom stereocenters. The van der Waals surface area contributed by atoms with Gasteiger partial charge in [-0.3, -0.25) is 4.79 Å². The molecule has 0 spiro atoms. The molecule has 1 aliphatic rings. The molecule has 5 heteroatoms. The van der Waals surface area contributed by atoms with E-state index >= 15 is 0 Å². The van der Waals surface area contributed by atoms with Gasteiger partial charge in [-0.05, 0) is 24.8 Å². The van der Waals surface area contributed by atoms with E-state index in [2.05, 4.69) is 5.32 Å². The fraction of sp³-hybridized carbons (Fsp3) is 0.533. The Morgan fingerprint density at radius 3 is 2.60 bits per heavy atom. The second kappa shape index (κ2) is 6.83. The van der Waals surface area contributed by atoms with Crippen molar-refractivity contribution in [3.8, 4) is 0 Å². The van der Waals surface area contributed by atoms with Crippen LogP contribution in [0.15, 0.2) is 30.3 Å². The number of ether oxygens (including phenoxy) is 1. The van der Waals surface area contributed by atoms with Crippen molar-refractivity contribution in [3.05, 3.63) is 35.9 Å². The minimum Gasteiger partial charge on any atom is -0.394 e. The summed E-state index contributed by atoms with van der Waals surface area (Å²) in [5.74, 6) is -0.198. The Bertz CT molecular complexity index is 430. The molecule has 1 heterocycles. The molecule has 1 amide bonds. The minimum absolute atomic E-state index is 0.104. The average Bonchev–Trinajstić information content (AvgIpc) is 2.48. The third-order valence-corrected chi connectivity index (χ3v) is 3.72. The third-order valence-electron chi connectivity index (χ3n) is 3.72. The normalized spacial score (nSPS) is 19.3. The molecule has 1 atom stereocenters. The molecule has 110 valence electrons. The highest BCUT2D eigenvalue weighted by molar-refractivity contribution is 5.86. The van der Waals surface area contributed by atoms with Crippen LogP contribution in [0, 0.1) is 0 Å². The lowest BCUT2D eigenvalue weighted by Gasteiger charge is -2.33. The number of hydrogen-bond donors (Lipinski definition) is 3. The standard InChI is InChI=1S/C15H22N2O3/c16-15(6-8-20-9-7-15)14(19)17-13(11-18)10-12-4-2-1-3-5-12/h1-5,13,18H,6-11,16H2,(H,17,19)/t13-/m0/s1. The van der Waals surface area contributed by atoms with Crippen molar-refractivity contribution in [2.45, 2.75) is 30.8 Å². The second-order valence-electron chi connectivity index (χ2n) is 5.31. The number of carbonyl (C=O) groups excluding carboxylic acids is 1. The Balaban J connectivity index is 1.94. The molecule has 0 radical (unpaired) electrons. The average molecular weight is 278 g/mol. The van der Waals surface area contributed by atoms with Gasteiger partial charge in [0.15, 0.2) is 0 Å². The van der Waals surface area contributed by atoms with Crippen LogP contribution in [0.1, 0.15) is 18.4 Å². The van der Waals surface area contributed by atoms with Gasteiger partial charge in [0.05, 0.1) is 18.2 Å². The zero-order valence-electron chi connectivity index (χ0n) is 11.5. The maximum absolute atomic E-state index is 12.3. The molecular formula is C15H22N2O3. The Morgan fingerprint density at radius 2 is 2.00 bits per heavy atom. The summed E-state index contributed by atoms with van der Waals surface area (Å²) in [4.78, 5) is 12.3. The summed E-state index contributed by atoms with van der Waals surface area (Å²) in [6, 6.07) is 9.45. The van der Waals surface area contributed by atoms with E-state index in [1.54, 1.807) is 0 Å². The van der Waals surface area contributed by atoms with Gasteiger partial charge < -0.3 is 20.9 Å². The van der Waals surface area contributed by atoms with E-state index in [4.69, 9.17) is 10.5 Å². The van der Waals surface area contributed by atoms with E-state index in [1.165, 1.54) is 0 Å². The first-order chi connectivity index (χ1) is 9.64. The highest BCUT2D eigenvalue weighted by atomic mass is 16.5. The predicted octanol–water partition coefficient (Wildman–Crippen LogP) is 0.214. The van der Waals surface area contributed by atoms with Crippen molar-refractivity contribution in [1.82, 2.24) is 5.32 Å². The molecule has 4 N–H and O–H groups in total. The van der Waals surface area contributed by atoms with Crippen LogP contribution < -0.4 is 11.1 Å². The molecule has 20 heavy (non-hydrogen) atoms. The highest BCUT2D eigenvalue weighted by Gasteiger charge is 2.36. The van der Waals surface area contributed by atoms with E-state index in [0.29, 0.717) is 32.5 Å². The van der Waals surface area contributed by atoms with Gasteiger partial charge >= 0.3 is 0 Å². The number of amides is 1. The molecule has 0 saturated carbocycles. The van der Waals surface area contributed by atoms with Gasteiger partial charge in [0.2, 0.25) is 5.91 Å². The maximum Gasteiger partial charge on any atom is 0.240 e. The molecule has 0 aromatic heterocycles. The van der Waals surface area contributed by atoms with Gasteiger partial charge in [-0.15, -0.1) is 0 Å². The smallest absolute Gasteiger partial charge is 0.240 e. The minimum atomic E-state index is -0.873. The van der Waals surface area contributed by atoms with Crippen LogP contribution in [0.2, 0.25) is 0 Å². The molecule has 1 aromatic rings. The van der Waals surface area contributed by atoms with Crippen LogP contribution >= 0.6 is 0 Å². The number of aliphatic hydroxyl groups excluding tert-OH is 1. The van der Waals surface area contributed by atoms with E-state index in [1.807, 2.05) is 30.3 Å². The molecule has 1 aliphatic heterocycles. The van der Waals surface area contributed by atoms with Crippen molar-refractivity contribution in [3.63, 3.8) is 0 Å². The van der Waals surface area contributed by atoms with Crippen molar-refractivity contribution in [2.24, 2.45) is 5.73 Å². The Morgan fingerprint density at radius 1 is 1.35 bits per heavy atom. The number of rotatable bonds is 5. The van der Waals surface area contributed by atoms with Gasteiger partial charge in [0.1, 0.15) is 0 Å². The fourth-order valence-corrected chi connectivity index (χ4v) is 2.35. The van der Waals surface area contributed by atoms with E-state index in [0.717, 1.165) is 5.56 Å². The van der Waals surface area contributed by atoms with E-state index < -0.39 is 5.54 Å². The molecule has 5 nitrogen and oxygen atoms in total. The Hall–Kier alpha value is -1.43. The summed E-state index contributed by atoms with van der Waals surface area (Å²) in [6.45, 7) is 0.909. The molecule has 1 aromatic carbocycles. The Kier molecular flexibility index (Phi) is 5.11. The van der Waals surface area contributed by atoms with Crippen molar-refractivity contribution in [1.29, 1.82) is 0 Å². The molecule has 1 saturated heterocycles. The maximum atomic E-state index is 12.3. The first-order valence-electron chi connectivity index (χ1n) is 6.96. The number of nitrogens with two attached hydrogens (primary N) is 1. The lowest BCUT2D eigenvalue weighted by Crippen LogP contribution is -2.59. The van der Waals surface area contributed by atoms with E-state index in [-0.39, 0.29) is 18.6 Å². The highest BCUT2D eigenvalue weighted by Crippen LogP contribution is 2.18. The third kappa shape index (κ3) is 3.79. The van der Waals surface area contributed by atoms with Gasteiger partial charge in [-0.2, -0.15) is 0 Å². The summed E-state index contributed by atoms with van der Waals surface area (Å²) < 4.78 is 5.23. The molecule has 1 fully saturated rings. The lowest BCUT2D eigenvalue weighted by atomic mass is 9.90. The van der Waals surface area contributed by atoms with Crippen molar-refractivity contribution >= 4 is 5.91 Å². The first kappa shape index (κ1) is 15.0. The fourth-order valence-electron chi connectivity index (χ4n) is 2.35. The monoisotopic (exact) mass is 278 g/mol. The second-order valence-corrected chi connectivity index (χ2v) is 5.31. The van der Waals surface area contributed by atoms with Crippen LogP contribution in [0.5, 0.6) is 0 Å². The van der Waals surface area contributed by atoms with Gasteiger partial charge in [0, 0.05) is 13.2 Å². The molecule has 2 rings (SSSR count). The zero-order valence-corrected chi connectivity index (χ0v) is 11.5. The van der Waals surface area contributed by atoms with Crippen molar-refractivity contribution < 1.29 is 14.6 Å². The van der Waals surface area contributed by atoms with Crippen molar-refractivity contribution in [2.75, 3.05) is 19.8 Å². The topological polar surface area (TPSA) is 84.6 Å². The summed E-state index contributed by atoms with van der Waals surface area (Å²) in [5, 5.41) is 12.3. The summed E-state index contributed by atoms with van der Waals surface area (Å²) >= 11 is 0. The quantitative estimate of drug-likeness (QED) is 0.719. The van der Waals surface area contributed by atoms with Crippen LogP contribution in [-0.2, 0) is 16.0 Å². The Labute approximate surface area is 119 Å². The van der Waals surface area contributed by atoms with Crippen LogP contribution in [-0.4, -0.2) is 42.4 Å². The van der Waals surface area contributed by atoms with Crippen LogP contribution in [0.3, 0.4) is 0 Å². The lowest BCUT2D eigenvalue weighted by molar-refractivity contribution is -0.130. The number of benzene rings is 1. The number of carbonyl (C=O) groups is 1. The first-order valence-corrected chi connectivity index (χ1v) is 6.96.